The summed E-state index contributed by atoms with van der Waals surface area (Å²) >= 11 is 0. The highest BCUT2D eigenvalue weighted by Gasteiger charge is 2.30. The van der Waals surface area contributed by atoms with Crippen molar-refractivity contribution in [3.63, 3.8) is 0 Å². The number of carbonyl (C=O) groups excluding carboxylic acids is 2. The number of hydrogen-bond donors (Lipinski definition) is 1. The average molecular weight is 471 g/mol. The molecule has 4 nitrogen and oxygen atoms in total. The van der Waals surface area contributed by atoms with Crippen molar-refractivity contribution in [1.29, 1.82) is 0 Å². The second-order valence-corrected chi connectivity index (χ2v) is 9.65. The van der Waals surface area contributed by atoms with Gasteiger partial charge in [-0.05, 0) is 36.0 Å². The third-order valence-electron chi connectivity index (χ3n) is 6.33. The number of nitrogens with one attached hydrogen (secondary N) is 1. The van der Waals surface area contributed by atoms with Crippen LogP contribution < -0.4 is 5.32 Å². The molecule has 2 amide bonds. The lowest BCUT2D eigenvalue weighted by molar-refractivity contribution is -0.141. The van der Waals surface area contributed by atoms with Crippen LogP contribution >= 0.6 is 0 Å². The smallest absolute Gasteiger partial charge is 0.242 e. The molecule has 0 spiro atoms. The summed E-state index contributed by atoms with van der Waals surface area (Å²) < 4.78 is 0. The number of benzene rings is 3. The fraction of sp³-hybridized carbons (Fsp3) is 0.355. The van der Waals surface area contributed by atoms with Crippen molar-refractivity contribution in [3.05, 3.63) is 107 Å². The van der Waals surface area contributed by atoms with Crippen LogP contribution in [0, 0.1) is 12.8 Å². The first kappa shape index (κ1) is 26.2. The van der Waals surface area contributed by atoms with Gasteiger partial charge in [0, 0.05) is 25.4 Å². The Morgan fingerprint density at radius 2 is 1.37 bits per heavy atom. The highest BCUT2D eigenvalue weighted by molar-refractivity contribution is 5.88. The van der Waals surface area contributed by atoms with E-state index in [-0.39, 0.29) is 17.7 Å². The van der Waals surface area contributed by atoms with Crippen LogP contribution in [0.4, 0.5) is 0 Å². The van der Waals surface area contributed by atoms with Crippen molar-refractivity contribution in [1.82, 2.24) is 10.2 Å². The van der Waals surface area contributed by atoms with Crippen LogP contribution in [0.3, 0.4) is 0 Å². The quantitative estimate of drug-likeness (QED) is 0.368. The molecule has 0 aliphatic rings. The maximum absolute atomic E-state index is 14.0. The lowest BCUT2D eigenvalue weighted by Crippen LogP contribution is -2.49. The topological polar surface area (TPSA) is 49.4 Å². The van der Waals surface area contributed by atoms with E-state index in [1.165, 1.54) is 5.56 Å². The van der Waals surface area contributed by atoms with Gasteiger partial charge in [0.15, 0.2) is 0 Å². The number of amides is 2. The molecule has 0 aromatic heterocycles. The SMILES string of the molecule is CCC(C(=O)NCC(C)C)N(Cc1ccc(C)cc1)C(=O)CC(c1ccccc1)c1ccccc1. The first-order valence-corrected chi connectivity index (χ1v) is 12.6. The molecule has 0 aliphatic carbocycles. The standard InChI is InChI=1S/C31H38N2O2/c1-5-29(31(35)32-21-23(2)3)33(22-25-18-16-24(4)17-19-25)30(34)20-28(26-12-8-6-9-13-26)27-14-10-7-11-15-27/h6-19,23,28-29H,5,20-22H2,1-4H3,(H,32,35). The Balaban J connectivity index is 1.92. The normalized spacial score (nSPS) is 11.9. The fourth-order valence-corrected chi connectivity index (χ4v) is 4.32. The molecule has 35 heavy (non-hydrogen) atoms. The van der Waals surface area contributed by atoms with Crippen molar-refractivity contribution in [2.24, 2.45) is 5.92 Å². The van der Waals surface area contributed by atoms with Crippen LogP contribution in [0.25, 0.3) is 0 Å². The molecule has 1 atom stereocenters. The third-order valence-corrected chi connectivity index (χ3v) is 6.33. The Bertz CT molecular complexity index is 1020. The van der Waals surface area contributed by atoms with Crippen molar-refractivity contribution in [3.8, 4) is 0 Å². The van der Waals surface area contributed by atoms with Gasteiger partial charge in [-0.25, -0.2) is 0 Å². The largest absolute Gasteiger partial charge is 0.354 e. The van der Waals surface area contributed by atoms with Gasteiger partial charge in [0.2, 0.25) is 11.8 Å². The number of rotatable bonds is 11. The Morgan fingerprint density at radius 3 is 1.86 bits per heavy atom. The molecule has 3 rings (SSSR count). The van der Waals surface area contributed by atoms with Crippen LogP contribution in [0.1, 0.15) is 61.8 Å². The highest BCUT2D eigenvalue weighted by atomic mass is 16.2. The van der Waals surface area contributed by atoms with Crippen molar-refractivity contribution in [2.45, 2.75) is 59.0 Å². The summed E-state index contributed by atoms with van der Waals surface area (Å²) in [6, 6.07) is 28.0. The Morgan fingerprint density at radius 1 is 0.829 bits per heavy atom. The van der Waals surface area contributed by atoms with E-state index >= 15 is 0 Å². The summed E-state index contributed by atoms with van der Waals surface area (Å²) in [5, 5.41) is 3.05. The van der Waals surface area contributed by atoms with E-state index in [0.29, 0.717) is 31.8 Å². The monoisotopic (exact) mass is 470 g/mol. The zero-order valence-corrected chi connectivity index (χ0v) is 21.4. The van der Waals surface area contributed by atoms with Crippen LogP contribution in [-0.2, 0) is 16.1 Å². The zero-order chi connectivity index (χ0) is 25.2. The van der Waals surface area contributed by atoms with E-state index < -0.39 is 6.04 Å². The molecule has 3 aromatic carbocycles. The van der Waals surface area contributed by atoms with Gasteiger partial charge in [-0.1, -0.05) is 111 Å². The summed E-state index contributed by atoms with van der Waals surface area (Å²) in [4.78, 5) is 28.9. The second-order valence-electron chi connectivity index (χ2n) is 9.65. The molecule has 0 heterocycles. The molecule has 184 valence electrons. The molecule has 1 N–H and O–H groups in total. The van der Waals surface area contributed by atoms with Gasteiger partial charge in [0.25, 0.3) is 0 Å². The maximum atomic E-state index is 14.0. The lowest BCUT2D eigenvalue weighted by atomic mass is 9.88. The van der Waals surface area contributed by atoms with Crippen LogP contribution in [0.5, 0.6) is 0 Å². The van der Waals surface area contributed by atoms with Crippen LogP contribution in [0.15, 0.2) is 84.9 Å². The number of hydrogen-bond acceptors (Lipinski definition) is 2. The van der Waals surface area contributed by atoms with Gasteiger partial charge in [-0.2, -0.15) is 0 Å². The van der Waals surface area contributed by atoms with Gasteiger partial charge >= 0.3 is 0 Å². The summed E-state index contributed by atoms with van der Waals surface area (Å²) in [5.41, 5.74) is 4.39. The van der Waals surface area contributed by atoms with Gasteiger partial charge in [0.05, 0.1) is 0 Å². The van der Waals surface area contributed by atoms with Crippen molar-refractivity contribution in [2.75, 3.05) is 6.54 Å². The predicted molar refractivity (Wildman–Crippen MR) is 143 cm³/mol. The van der Waals surface area contributed by atoms with E-state index in [9.17, 15) is 9.59 Å². The number of carbonyl (C=O) groups is 2. The lowest BCUT2D eigenvalue weighted by Gasteiger charge is -2.32. The molecule has 0 fully saturated rings. The number of nitrogens with zero attached hydrogens (tertiary/aromatic N) is 1. The first-order valence-electron chi connectivity index (χ1n) is 12.6. The molecule has 1 unspecified atom stereocenters. The van der Waals surface area contributed by atoms with E-state index in [1.807, 2.05) is 62.4 Å². The second kappa shape index (κ2) is 12.9. The molecule has 0 saturated carbocycles. The van der Waals surface area contributed by atoms with Crippen LogP contribution in [-0.4, -0.2) is 29.3 Å². The highest BCUT2D eigenvalue weighted by Crippen LogP contribution is 2.29. The molecule has 0 aliphatic heterocycles. The Hall–Kier alpha value is -3.40. The first-order chi connectivity index (χ1) is 16.9. The molecule has 3 aromatic rings. The minimum absolute atomic E-state index is 0.0187. The Labute approximate surface area is 210 Å². The predicted octanol–water partition coefficient (Wildman–Crippen LogP) is 6.10. The van der Waals surface area contributed by atoms with Crippen LogP contribution in [0.2, 0.25) is 0 Å². The molecule has 4 heteroatoms. The third kappa shape index (κ3) is 7.54. The molecule has 0 radical (unpaired) electrons. The molecular formula is C31H38N2O2. The van der Waals surface area contributed by atoms with Crippen molar-refractivity contribution < 1.29 is 9.59 Å². The molecular weight excluding hydrogens is 432 g/mol. The minimum Gasteiger partial charge on any atom is -0.354 e. The van der Waals surface area contributed by atoms with Gasteiger partial charge in [-0.15, -0.1) is 0 Å². The van der Waals surface area contributed by atoms with Gasteiger partial charge < -0.3 is 10.2 Å². The van der Waals surface area contributed by atoms with Gasteiger partial charge in [-0.3, -0.25) is 9.59 Å². The average Bonchev–Trinajstić information content (AvgIpc) is 2.88. The number of aryl methyl sites for hydroxylation is 1. The van der Waals surface area contributed by atoms with Crippen molar-refractivity contribution >= 4 is 11.8 Å². The molecule has 0 bridgehead atoms. The summed E-state index contributed by atoms with van der Waals surface area (Å²) in [5.74, 6) is 0.160. The summed E-state index contributed by atoms with van der Waals surface area (Å²) in [6.45, 7) is 9.16. The van der Waals surface area contributed by atoms with E-state index in [0.717, 1.165) is 16.7 Å². The Kier molecular flexibility index (Phi) is 9.66. The van der Waals surface area contributed by atoms with E-state index in [4.69, 9.17) is 0 Å². The zero-order valence-electron chi connectivity index (χ0n) is 21.4. The maximum Gasteiger partial charge on any atom is 0.242 e. The van der Waals surface area contributed by atoms with E-state index in [1.54, 1.807) is 4.90 Å². The minimum atomic E-state index is -0.519. The molecule has 0 saturated heterocycles. The van der Waals surface area contributed by atoms with Gasteiger partial charge in [0.1, 0.15) is 6.04 Å². The fourth-order valence-electron chi connectivity index (χ4n) is 4.32. The summed E-state index contributed by atoms with van der Waals surface area (Å²) in [6.07, 6.45) is 0.858. The summed E-state index contributed by atoms with van der Waals surface area (Å²) in [7, 11) is 0. The van der Waals surface area contributed by atoms with E-state index in [2.05, 4.69) is 55.6 Å².